The molecule has 0 amide bonds. The van der Waals surface area contributed by atoms with Crippen molar-refractivity contribution in [2.24, 2.45) is 0 Å². The van der Waals surface area contributed by atoms with Gasteiger partial charge in [-0.05, 0) is 49.4 Å². The van der Waals surface area contributed by atoms with Crippen molar-refractivity contribution >= 4 is 56.7 Å². The maximum Gasteiger partial charge on any atom is 0.307 e. The van der Waals surface area contributed by atoms with Crippen LogP contribution in [0, 0.1) is 0 Å². The summed E-state index contributed by atoms with van der Waals surface area (Å²) in [6.07, 6.45) is 2.57. The summed E-state index contributed by atoms with van der Waals surface area (Å²) in [7, 11) is 1.64. The Balaban J connectivity index is 1.63. The van der Waals surface area contributed by atoms with Crippen LogP contribution >= 0.6 is 23.2 Å². The highest BCUT2D eigenvalue weighted by Crippen LogP contribution is 2.34. The van der Waals surface area contributed by atoms with E-state index in [1.54, 1.807) is 7.11 Å². The summed E-state index contributed by atoms with van der Waals surface area (Å²) in [5.74, 6) is 1.11. The number of methoxy groups -OCH3 is 1. The number of esters is 1. The van der Waals surface area contributed by atoms with E-state index in [4.69, 9.17) is 37.7 Å². The number of hydrogen-bond acceptors (Lipinski definition) is 6. The molecule has 0 spiro atoms. The minimum absolute atomic E-state index is 0.203. The molecule has 0 unspecified atom stereocenters. The first-order valence-corrected chi connectivity index (χ1v) is 12.2. The monoisotopic (exact) mass is 491 g/mol. The van der Waals surface area contributed by atoms with Crippen LogP contribution in [0.5, 0.6) is 5.75 Å². The third-order valence-electron chi connectivity index (χ3n) is 5.47. The number of unbranched alkanes of at least 4 members (excludes halogenated alkanes) is 1. The molecular formula is C25H31Cl2N3O3. The van der Waals surface area contributed by atoms with Crippen molar-refractivity contribution in [1.29, 1.82) is 0 Å². The van der Waals surface area contributed by atoms with E-state index in [1.807, 2.05) is 36.4 Å². The van der Waals surface area contributed by atoms with E-state index in [9.17, 15) is 4.79 Å². The lowest BCUT2D eigenvalue weighted by Gasteiger charge is -2.20. The zero-order valence-corrected chi connectivity index (χ0v) is 20.7. The fourth-order valence-corrected chi connectivity index (χ4v) is 4.12. The second-order valence-electron chi connectivity index (χ2n) is 7.81. The predicted octanol–water partition coefficient (Wildman–Crippen LogP) is 5.74. The Labute approximate surface area is 205 Å². The molecule has 0 aliphatic rings. The summed E-state index contributed by atoms with van der Waals surface area (Å²) >= 11 is 12.1. The van der Waals surface area contributed by atoms with Gasteiger partial charge >= 0.3 is 5.97 Å². The Morgan fingerprint density at radius 1 is 1.09 bits per heavy atom. The van der Waals surface area contributed by atoms with E-state index in [-0.39, 0.29) is 12.6 Å². The van der Waals surface area contributed by atoms with Gasteiger partial charge in [0.05, 0.1) is 30.3 Å². The van der Waals surface area contributed by atoms with Crippen molar-refractivity contribution in [3.8, 4) is 5.75 Å². The Bertz CT molecular complexity index is 1080. The van der Waals surface area contributed by atoms with Gasteiger partial charge in [0.15, 0.2) is 0 Å². The van der Waals surface area contributed by atoms with Crippen molar-refractivity contribution in [1.82, 2.24) is 9.88 Å². The molecule has 8 heteroatoms. The van der Waals surface area contributed by atoms with E-state index in [2.05, 4.69) is 17.1 Å². The number of nitrogens with zero attached hydrogens (tertiary/aromatic N) is 2. The molecule has 3 rings (SSSR count). The lowest BCUT2D eigenvalue weighted by molar-refractivity contribution is -0.143. The van der Waals surface area contributed by atoms with Gasteiger partial charge in [0, 0.05) is 41.3 Å². The maximum atomic E-state index is 12.2. The molecule has 0 fully saturated rings. The first-order chi connectivity index (χ1) is 16.0. The number of aromatic nitrogens is 1. The molecule has 6 nitrogen and oxygen atoms in total. The molecule has 0 atom stereocenters. The average Bonchev–Trinajstić information content (AvgIpc) is 2.82. The summed E-state index contributed by atoms with van der Waals surface area (Å²) in [4.78, 5) is 19.2. The van der Waals surface area contributed by atoms with Crippen LogP contribution < -0.4 is 10.1 Å². The second kappa shape index (κ2) is 12.8. The number of carbonyl (C=O) groups excluding carboxylic acids is 1. The predicted molar refractivity (Wildman–Crippen MR) is 137 cm³/mol. The molecule has 1 heterocycles. The largest absolute Gasteiger partial charge is 0.497 e. The molecule has 0 saturated carbocycles. The topological polar surface area (TPSA) is 63.7 Å². The van der Waals surface area contributed by atoms with Gasteiger partial charge in [-0.3, -0.25) is 4.79 Å². The fourth-order valence-electron chi connectivity index (χ4n) is 3.71. The third-order valence-corrected chi connectivity index (χ3v) is 5.87. The first kappa shape index (κ1) is 25.3. The van der Waals surface area contributed by atoms with Crippen LogP contribution in [-0.4, -0.2) is 61.6 Å². The molecule has 2 aromatic carbocycles. The summed E-state index contributed by atoms with van der Waals surface area (Å²) in [6, 6.07) is 11.4. The quantitative estimate of drug-likeness (QED) is 0.142. The lowest BCUT2D eigenvalue weighted by atomic mass is 10.1. The normalized spacial score (nSPS) is 11.3. The highest BCUT2D eigenvalue weighted by molar-refractivity contribution is 6.31. The summed E-state index contributed by atoms with van der Waals surface area (Å²) in [6.45, 7) is 5.30. The number of hydrogen-bond donors (Lipinski definition) is 1. The number of alkyl halides is 1. The molecule has 1 N–H and O–H groups in total. The van der Waals surface area contributed by atoms with Gasteiger partial charge in [-0.2, -0.15) is 0 Å². The number of rotatable bonds is 13. The number of halogens is 2. The van der Waals surface area contributed by atoms with Crippen molar-refractivity contribution in [3.05, 3.63) is 41.4 Å². The van der Waals surface area contributed by atoms with Gasteiger partial charge in [0.2, 0.25) is 0 Å². The number of fused-ring (bicyclic) bond motifs is 2. The lowest BCUT2D eigenvalue weighted by Crippen LogP contribution is -2.30. The minimum Gasteiger partial charge on any atom is -0.497 e. The summed E-state index contributed by atoms with van der Waals surface area (Å²) in [5.41, 5.74) is 2.54. The van der Waals surface area contributed by atoms with Crippen LogP contribution in [0.1, 0.15) is 26.2 Å². The molecule has 0 bridgehead atoms. The molecule has 0 radical (unpaired) electrons. The Morgan fingerprint density at radius 2 is 1.94 bits per heavy atom. The van der Waals surface area contributed by atoms with E-state index < -0.39 is 0 Å². The van der Waals surface area contributed by atoms with E-state index in [0.29, 0.717) is 30.4 Å². The zero-order chi connectivity index (χ0) is 23.6. The van der Waals surface area contributed by atoms with Crippen LogP contribution in [0.25, 0.3) is 21.8 Å². The summed E-state index contributed by atoms with van der Waals surface area (Å²) in [5, 5.41) is 5.93. The number of carbonyl (C=O) groups is 1. The van der Waals surface area contributed by atoms with Gasteiger partial charge < -0.3 is 19.7 Å². The first-order valence-electron chi connectivity index (χ1n) is 11.3. The minimum atomic E-state index is -0.203. The van der Waals surface area contributed by atoms with E-state index in [0.717, 1.165) is 59.2 Å². The van der Waals surface area contributed by atoms with Crippen LogP contribution in [0.3, 0.4) is 0 Å². The molecule has 33 heavy (non-hydrogen) atoms. The Hall–Kier alpha value is -2.28. The van der Waals surface area contributed by atoms with Gasteiger partial charge in [0.25, 0.3) is 0 Å². The average molecular weight is 492 g/mol. The second-order valence-corrected chi connectivity index (χ2v) is 8.63. The molecule has 0 aliphatic heterocycles. The highest BCUT2D eigenvalue weighted by atomic mass is 35.5. The van der Waals surface area contributed by atoms with Gasteiger partial charge in [0.1, 0.15) is 12.4 Å². The van der Waals surface area contributed by atoms with Crippen molar-refractivity contribution in [2.75, 3.05) is 51.1 Å². The van der Waals surface area contributed by atoms with E-state index >= 15 is 0 Å². The van der Waals surface area contributed by atoms with Gasteiger partial charge in [-0.15, -0.1) is 11.6 Å². The molecule has 3 aromatic rings. The van der Waals surface area contributed by atoms with Crippen LogP contribution in [-0.2, 0) is 9.53 Å². The van der Waals surface area contributed by atoms with Crippen molar-refractivity contribution in [3.63, 3.8) is 0 Å². The van der Waals surface area contributed by atoms with Crippen molar-refractivity contribution < 1.29 is 14.3 Å². The Kier molecular flexibility index (Phi) is 9.85. The molecule has 0 aliphatic carbocycles. The number of ether oxygens (including phenoxy) is 2. The molecule has 178 valence electrons. The Morgan fingerprint density at radius 3 is 2.70 bits per heavy atom. The number of nitrogens with one attached hydrogen (secondary N) is 1. The maximum absolute atomic E-state index is 12.2. The number of pyridine rings is 1. The number of benzene rings is 2. The van der Waals surface area contributed by atoms with Crippen LogP contribution in [0.2, 0.25) is 5.02 Å². The van der Waals surface area contributed by atoms with Gasteiger partial charge in [-0.1, -0.05) is 24.9 Å². The smallest absolute Gasteiger partial charge is 0.307 e. The molecule has 1 aromatic heterocycles. The van der Waals surface area contributed by atoms with Gasteiger partial charge in [-0.25, -0.2) is 4.98 Å². The number of anilines is 1. The third kappa shape index (κ3) is 7.10. The SMILES string of the molecule is CCCCN(CCCl)CCC(=O)OCCNc1c2ccc(Cl)cc2nc2ccc(OC)cc12. The highest BCUT2D eigenvalue weighted by Gasteiger charge is 2.12. The zero-order valence-electron chi connectivity index (χ0n) is 19.2. The molecular weight excluding hydrogens is 461 g/mol. The summed E-state index contributed by atoms with van der Waals surface area (Å²) < 4.78 is 10.9. The van der Waals surface area contributed by atoms with Crippen LogP contribution in [0.15, 0.2) is 36.4 Å². The fraction of sp³-hybridized carbons (Fsp3) is 0.440. The molecule has 0 saturated heterocycles. The standard InChI is InChI=1S/C25H31Cl2N3O3/c1-3-4-12-30(14-10-26)13-9-24(31)33-15-11-28-25-20-7-5-18(27)16-23(20)29-22-8-6-19(32-2)17-21(22)25/h5-8,16-17H,3-4,9-15H2,1-2H3,(H,28,29). The van der Waals surface area contributed by atoms with E-state index in [1.165, 1.54) is 0 Å². The van der Waals surface area contributed by atoms with Crippen molar-refractivity contribution in [2.45, 2.75) is 26.2 Å². The van der Waals surface area contributed by atoms with Crippen LogP contribution in [0.4, 0.5) is 5.69 Å².